The van der Waals surface area contributed by atoms with Gasteiger partial charge in [-0.3, -0.25) is 9.47 Å². The van der Waals surface area contributed by atoms with Gasteiger partial charge in [-0.2, -0.15) is 13.5 Å². The van der Waals surface area contributed by atoms with Crippen molar-refractivity contribution in [2.45, 2.75) is 32.0 Å². The molecule has 13 heteroatoms. The number of ether oxygens (including phenoxy) is 1. The van der Waals surface area contributed by atoms with E-state index in [-0.39, 0.29) is 30.9 Å². The number of halogens is 3. The molecule has 5 rings (SSSR count). The van der Waals surface area contributed by atoms with Gasteiger partial charge in [0, 0.05) is 41.5 Å². The molecule has 0 bridgehead atoms. The molecule has 1 aromatic carbocycles. The summed E-state index contributed by atoms with van der Waals surface area (Å²) < 4.78 is 48.0. The number of thiazole rings is 1. The molecule has 0 unspecified atom stereocenters. The lowest BCUT2D eigenvalue weighted by Crippen LogP contribution is -2.46. The summed E-state index contributed by atoms with van der Waals surface area (Å²) in [4.78, 5) is 21.8. The van der Waals surface area contributed by atoms with Crippen molar-refractivity contribution in [3.05, 3.63) is 56.5 Å². The van der Waals surface area contributed by atoms with Crippen molar-refractivity contribution >= 4 is 30.7 Å². The first-order valence-electron chi connectivity index (χ1n) is 9.47. The van der Waals surface area contributed by atoms with Gasteiger partial charge in [-0.15, -0.1) is 11.3 Å². The van der Waals surface area contributed by atoms with Crippen LogP contribution in [0.15, 0.2) is 18.3 Å². The SMILES string of the molecule is C[C@]1(CN2CCc3nc(-c4cc(F)c(F)c(F)c4)sc3C2)Cn2cc([N+](=O)[O-])nc2O1.S. The van der Waals surface area contributed by atoms with Crippen molar-refractivity contribution in [3.63, 3.8) is 0 Å². The maximum absolute atomic E-state index is 13.6. The minimum Gasteiger partial charge on any atom is -0.436 e. The smallest absolute Gasteiger partial charge is 0.415 e. The van der Waals surface area contributed by atoms with Crippen molar-refractivity contribution in [2.24, 2.45) is 0 Å². The van der Waals surface area contributed by atoms with Crippen LogP contribution in [0.1, 0.15) is 17.5 Å². The molecular formula is C19H18F3N5O3S2. The van der Waals surface area contributed by atoms with Gasteiger partial charge < -0.3 is 14.9 Å². The number of nitrogens with zero attached hydrogens (tertiary/aromatic N) is 5. The highest BCUT2D eigenvalue weighted by Crippen LogP contribution is 2.35. The van der Waals surface area contributed by atoms with Gasteiger partial charge in [0.15, 0.2) is 17.5 Å². The molecule has 0 saturated carbocycles. The Balaban J connectivity index is 0.00000245. The lowest BCUT2D eigenvalue weighted by atomic mass is 10.0. The predicted octanol–water partition coefficient (Wildman–Crippen LogP) is 3.65. The number of benzene rings is 1. The Bertz CT molecular complexity index is 1170. The Morgan fingerprint density at radius 1 is 1.28 bits per heavy atom. The first-order valence-corrected chi connectivity index (χ1v) is 10.3. The van der Waals surface area contributed by atoms with Gasteiger partial charge in [0.2, 0.25) is 0 Å². The molecule has 1 atom stereocenters. The molecule has 0 N–H and O–H groups in total. The Morgan fingerprint density at radius 3 is 2.66 bits per heavy atom. The first-order chi connectivity index (χ1) is 14.7. The van der Waals surface area contributed by atoms with E-state index in [0.717, 1.165) is 22.7 Å². The molecule has 2 aliphatic rings. The zero-order chi connectivity index (χ0) is 21.9. The number of rotatable bonds is 4. The van der Waals surface area contributed by atoms with E-state index in [1.807, 2.05) is 6.92 Å². The molecule has 8 nitrogen and oxygen atoms in total. The second-order valence-corrected chi connectivity index (χ2v) is 9.01. The summed E-state index contributed by atoms with van der Waals surface area (Å²) in [5.74, 6) is -4.22. The average molecular weight is 486 g/mol. The van der Waals surface area contributed by atoms with Crippen LogP contribution in [0, 0.1) is 27.6 Å². The van der Waals surface area contributed by atoms with Gasteiger partial charge in [0.25, 0.3) is 0 Å². The average Bonchev–Trinajstić information content (AvgIpc) is 3.36. The quantitative estimate of drug-likeness (QED) is 0.319. The van der Waals surface area contributed by atoms with Crippen LogP contribution in [0.3, 0.4) is 0 Å². The summed E-state index contributed by atoms with van der Waals surface area (Å²) in [6.45, 7) is 4.22. The van der Waals surface area contributed by atoms with E-state index in [1.165, 1.54) is 17.5 Å². The fraction of sp³-hybridized carbons (Fsp3) is 0.368. The number of nitro groups is 1. The lowest BCUT2D eigenvalue weighted by Gasteiger charge is -2.32. The van der Waals surface area contributed by atoms with Crippen LogP contribution < -0.4 is 4.74 Å². The number of hydrogen-bond acceptors (Lipinski definition) is 7. The fourth-order valence-electron chi connectivity index (χ4n) is 4.02. The van der Waals surface area contributed by atoms with Gasteiger partial charge in [0.1, 0.15) is 16.8 Å². The summed E-state index contributed by atoms with van der Waals surface area (Å²) in [5, 5.41) is 11.3. The molecule has 0 spiro atoms. The second-order valence-electron chi connectivity index (χ2n) is 7.92. The summed E-state index contributed by atoms with van der Waals surface area (Å²) in [6.07, 6.45) is 2.02. The van der Waals surface area contributed by atoms with E-state index < -0.39 is 28.0 Å². The maximum Gasteiger partial charge on any atom is 0.415 e. The van der Waals surface area contributed by atoms with Gasteiger partial charge >= 0.3 is 11.8 Å². The Morgan fingerprint density at radius 2 is 2.00 bits per heavy atom. The van der Waals surface area contributed by atoms with Crippen LogP contribution >= 0.6 is 24.8 Å². The minimum atomic E-state index is -1.49. The van der Waals surface area contributed by atoms with Gasteiger partial charge in [-0.25, -0.2) is 18.2 Å². The zero-order valence-corrected chi connectivity index (χ0v) is 18.6. The molecule has 0 saturated heterocycles. The normalized spacial score (nSPS) is 19.8. The molecule has 170 valence electrons. The monoisotopic (exact) mass is 485 g/mol. The van der Waals surface area contributed by atoms with Gasteiger partial charge in [-0.1, -0.05) is 0 Å². The van der Waals surface area contributed by atoms with Crippen LogP contribution in [-0.2, 0) is 19.5 Å². The Kier molecular flexibility index (Phi) is 5.67. The van der Waals surface area contributed by atoms with Crippen LogP contribution in [0.5, 0.6) is 6.01 Å². The highest BCUT2D eigenvalue weighted by atomic mass is 32.1. The second kappa shape index (κ2) is 8.05. The third-order valence-electron chi connectivity index (χ3n) is 5.36. The molecule has 3 aromatic rings. The van der Waals surface area contributed by atoms with E-state index in [1.54, 1.807) is 4.57 Å². The van der Waals surface area contributed by atoms with Crippen molar-refractivity contribution in [3.8, 4) is 16.6 Å². The fourth-order valence-corrected chi connectivity index (χ4v) is 5.16. The van der Waals surface area contributed by atoms with Crippen molar-refractivity contribution in [2.75, 3.05) is 13.1 Å². The molecule has 0 fully saturated rings. The number of hydrogen-bond donors (Lipinski definition) is 0. The van der Waals surface area contributed by atoms with E-state index in [4.69, 9.17) is 4.74 Å². The molecule has 0 amide bonds. The molecule has 0 radical (unpaired) electrons. The van der Waals surface area contributed by atoms with Crippen molar-refractivity contribution in [1.82, 2.24) is 19.4 Å². The summed E-state index contributed by atoms with van der Waals surface area (Å²) in [6, 6.07) is 2.13. The largest absolute Gasteiger partial charge is 0.436 e. The van der Waals surface area contributed by atoms with Crippen LogP contribution in [0.4, 0.5) is 19.0 Å². The van der Waals surface area contributed by atoms with Gasteiger partial charge in [0.05, 0.1) is 12.2 Å². The van der Waals surface area contributed by atoms with Crippen LogP contribution in [-0.4, -0.2) is 43.0 Å². The minimum absolute atomic E-state index is 0. The molecule has 32 heavy (non-hydrogen) atoms. The van der Waals surface area contributed by atoms with E-state index in [9.17, 15) is 23.3 Å². The first kappa shape index (κ1) is 22.6. The van der Waals surface area contributed by atoms with E-state index in [2.05, 4.69) is 14.9 Å². The predicted molar refractivity (Wildman–Crippen MR) is 115 cm³/mol. The topological polar surface area (TPSA) is 86.3 Å². The summed E-state index contributed by atoms with van der Waals surface area (Å²) in [5.41, 5.74) is 0.481. The van der Waals surface area contributed by atoms with E-state index >= 15 is 0 Å². The third-order valence-corrected chi connectivity index (χ3v) is 6.49. The van der Waals surface area contributed by atoms with Crippen LogP contribution in [0.2, 0.25) is 0 Å². The van der Waals surface area contributed by atoms with Crippen molar-refractivity contribution < 1.29 is 22.8 Å². The van der Waals surface area contributed by atoms with Crippen molar-refractivity contribution in [1.29, 1.82) is 0 Å². The Labute approximate surface area is 191 Å². The molecule has 4 heterocycles. The molecule has 2 aliphatic heterocycles. The molecular weight excluding hydrogens is 467 g/mol. The highest BCUT2D eigenvalue weighted by molar-refractivity contribution is 7.59. The van der Waals surface area contributed by atoms with E-state index in [0.29, 0.717) is 37.6 Å². The number of imidazole rings is 1. The molecule has 2 aromatic heterocycles. The summed E-state index contributed by atoms with van der Waals surface area (Å²) >= 11 is 1.32. The van der Waals surface area contributed by atoms with Crippen LogP contribution in [0.25, 0.3) is 10.6 Å². The lowest BCUT2D eigenvalue weighted by molar-refractivity contribution is -0.389. The maximum atomic E-state index is 13.6. The zero-order valence-electron chi connectivity index (χ0n) is 16.8. The number of fused-ring (bicyclic) bond motifs is 2. The van der Waals surface area contributed by atoms with Gasteiger partial charge in [-0.05, 0) is 24.0 Å². The summed E-state index contributed by atoms with van der Waals surface area (Å²) in [7, 11) is 0. The number of aromatic nitrogens is 3. The third kappa shape index (κ3) is 3.95. The molecule has 0 aliphatic carbocycles. The highest BCUT2D eigenvalue weighted by Gasteiger charge is 2.42. The standard InChI is InChI=1S/C19H16F3N5O3S.H2S/c1-19(9-26-7-15(27(28)29)24-18(26)30-19)8-25-3-2-13-14(6-25)31-17(23-13)10-4-11(20)16(22)12(21)5-10;/h4-5,7H,2-3,6,8-9H2,1H3;1H2/t19-;/m0./s1. The Hall–Kier alpha value is -2.64.